The fraction of sp³-hybridized carbons (Fsp3) is 0.808. The molecule has 0 aliphatic heterocycles. The van der Waals surface area contributed by atoms with E-state index < -0.39 is 0 Å². The van der Waals surface area contributed by atoms with E-state index in [1.807, 2.05) is 18.0 Å². The zero-order valence-corrected chi connectivity index (χ0v) is 19.5. The number of allylic oxidation sites excluding steroid dienone is 2. The summed E-state index contributed by atoms with van der Waals surface area (Å²) in [6, 6.07) is 0. The van der Waals surface area contributed by atoms with Crippen molar-refractivity contribution in [1.29, 1.82) is 0 Å². The Hall–Kier alpha value is -1.13. The van der Waals surface area contributed by atoms with Crippen molar-refractivity contribution in [3.05, 3.63) is 23.8 Å². The summed E-state index contributed by atoms with van der Waals surface area (Å²) in [5, 5.41) is 21.0. The Bertz CT molecular complexity index is 641. The summed E-state index contributed by atoms with van der Waals surface area (Å²) in [6.45, 7) is 6.20. The van der Waals surface area contributed by atoms with E-state index in [1.54, 1.807) is 0 Å². The Morgan fingerprint density at radius 1 is 1.23 bits per heavy atom. The van der Waals surface area contributed by atoms with Gasteiger partial charge in [0, 0.05) is 24.9 Å². The van der Waals surface area contributed by atoms with Crippen molar-refractivity contribution >= 4 is 5.91 Å². The molecule has 0 unspecified atom stereocenters. The van der Waals surface area contributed by atoms with Gasteiger partial charge in [-0.2, -0.15) is 0 Å². The molecule has 3 aliphatic carbocycles. The monoisotopic (exact) mass is 417 g/mol. The van der Waals surface area contributed by atoms with Crippen LogP contribution in [0.4, 0.5) is 0 Å². The number of nitrogens with zero attached hydrogens (tertiary/aromatic N) is 1. The molecule has 0 spiro atoms. The number of hydrogen-bond donors (Lipinski definition) is 2. The molecule has 3 rings (SSSR count). The lowest BCUT2D eigenvalue weighted by Crippen LogP contribution is -2.42. The van der Waals surface area contributed by atoms with Gasteiger partial charge in [-0.15, -0.1) is 0 Å². The third kappa shape index (κ3) is 5.76. The van der Waals surface area contributed by atoms with Gasteiger partial charge in [-0.05, 0) is 83.5 Å². The molecule has 0 aromatic rings. The maximum absolute atomic E-state index is 12.3. The first-order valence-corrected chi connectivity index (χ1v) is 12.2. The van der Waals surface area contributed by atoms with Crippen LogP contribution in [-0.4, -0.2) is 45.8 Å². The third-order valence-corrected chi connectivity index (χ3v) is 7.93. The Morgan fingerprint density at radius 2 is 1.93 bits per heavy atom. The van der Waals surface area contributed by atoms with Crippen molar-refractivity contribution in [3.8, 4) is 0 Å². The molecule has 3 aliphatic rings. The fourth-order valence-electron chi connectivity index (χ4n) is 5.74. The number of unbranched alkanes of at least 4 members (excludes halogenated alkanes) is 1. The van der Waals surface area contributed by atoms with Gasteiger partial charge in [-0.25, -0.2) is 0 Å². The maximum atomic E-state index is 12.3. The van der Waals surface area contributed by atoms with E-state index >= 15 is 0 Å². The topological polar surface area (TPSA) is 60.8 Å². The molecule has 170 valence electrons. The van der Waals surface area contributed by atoms with Crippen LogP contribution in [0.2, 0.25) is 0 Å². The average Bonchev–Trinajstić information content (AvgIpc) is 3.39. The van der Waals surface area contributed by atoms with E-state index in [2.05, 4.69) is 32.9 Å². The normalized spacial score (nSPS) is 32.3. The van der Waals surface area contributed by atoms with Crippen LogP contribution in [0.3, 0.4) is 0 Å². The van der Waals surface area contributed by atoms with Gasteiger partial charge in [-0.1, -0.05) is 36.6 Å². The van der Waals surface area contributed by atoms with E-state index in [9.17, 15) is 15.0 Å². The lowest BCUT2D eigenvalue weighted by molar-refractivity contribution is -0.134. The van der Waals surface area contributed by atoms with Crippen LogP contribution in [0.25, 0.3) is 0 Å². The molecule has 0 heterocycles. The molecular weight excluding hydrogens is 374 g/mol. The number of carbonyl (C=O) groups is 1. The SMILES string of the molecule is CN(C(=O)CCCC=C1C[C@H]2C[C@@H](O)[C@H](C=C[C@@H](O)C3CCCC3)[C@H]2C1)C(C)(C)C. The summed E-state index contributed by atoms with van der Waals surface area (Å²) in [5.41, 5.74) is 1.39. The molecule has 0 aromatic carbocycles. The van der Waals surface area contributed by atoms with E-state index in [-0.39, 0.29) is 29.6 Å². The zero-order chi connectivity index (χ0) is 21.9. The Balaban J connectivity index is 1.47. The molecule has 0 bridgehead atoms. The molecule has 5 atom stereocenters. The van der Waals surface area contributed by atoms with Gasteiger partial charge in [0.05, 0.1) is 12.2 Å². The van der Waals surface area contributed by atoms with Crippen LogP contribution < -0.4 is 0 Å². The highest BCUT2D eigenvalue weighted by Gasteiger charge is 2.45. The molecule has 2 N–H and O–H groups in total. The van der Waals surface area contributed by atoms with E-state index in [1.165, 1.54) is 18.4 Å². The molecule has 1 amide bonds. The average molecular weight is 418 g/mol. The van der Waals surface area contributed by atoms with E-state index in [4.69, 9.17) is 0 Å². The summed E-state index contributed by atoms with van der Waals surface area (Å²) in [5.74, 6) is 1.89. The molecule has 30 heavy (non-hydrogen) atoms. The highest BCUT2D eigenvalue weighted by molar-refractivity contribution is 5.76. The number of hydrogen-bond acceptors (Lipinski definition) is 3. The molecule has 4 heteroatoms. The fourth-order valence-corrected chi connectivity index (χ4v) is 5.74. The van der Waals surface area contributed by atoms with Crippen molar-refractivity contribution in [2.45, 2.75) is 103 Å². The summed E-state index contributed by atoms with van der Waals surface area (Å²) >= 11 is 0. The highest BCUT2D eigenvalue weighted by Crippen LogP contribution is 2.50. The van der Waals surface area contributed by atoms with Crippen LogP contribution in [0.5, 0.6) is 0 Å². The van der Waals surface area contributed by atoms with Crippen LogP contribution in [0.15, 0.2) is 23.8 Å². The second-order valence-corrected chi connectivity index (χ2v) is 11.0. The van der Waals surface area contributed by atoms with E-state index in [0.29, 0.717) is 24.2 Å². The van der Waals surface area contributed by atoms with Crippen LogP contribution in [-0.2, 0) is 4.79 Å². The van der Waals surface area contributed by atoms with Gasteiger partial charge in [0.15, 0.2) is 0 Å². The lowest BCUT2D eigenvalue weighted by Gasteiger charge is -2.32. The second kappa shape index (κ2) is 9.99. The minimum atomic E-state index is -0.348. The number of aliphatic hydroxyl groups is 2. The highest BCUT2D eigenvalue weighted by atomic mass is 16.3. The van der Waals surface area contributed by atoms with Gasteiger partial charge < -0.3 is 15.1 Å². The minimum absolute atomic E-state index is 0.118. The van der Waals surface area contributed by atoms with Crippen molar-refractivity contribution in [1.82, 2.24) is 4.90 Å². The Kier molecular flexibility index (Phi) is 7.84. The zero-order valence-electron chi connectivity index (χ0n) is 19.5. The summed E-state index contributed by atoms with van der Waals surface area (Å²) < 4.78 is 0. The van der Waals surface area contributed by atoms with Crippen molar-refractivity contribution in [2.75, 3.05) is 7.05 Å². The summed E-state index contributed by atoms with van der Waals surface area (Å²) in [4.78, 5) is 14.1. The smallest absolute Gasteiger partial charge is 0.222 e. The van der Waals surface area contributed by atoms with Crippen LogP contribution >= 0.6 is 0 Å². The van der Waals surface area contributed by atoms with Gasteiger partial charge in [-0.3, -0.25) is 4.79 Å². The first kappa shape index (κ1) is 23.5. The molecule has 3 fully saturated rings. The van der Waals surface area contributed by atoms with E-state index in [0.717, 1.165) is 44.9 Å². The molecule has 0 aromatic heterocycles. The predicted octanol–water partition coefficient (Wildman–Crippen LogP) is 4.85. The molecule has 0 saturated heterocycles. The number of fused-ring (bicyclic) bond motifs is 1. The lowest BCUT2D eigenvalue weighted by atomic mass is 9.89. The van der Waals surface area contributed by atoms with Crippen molar-refractivity contribution in [2.24, 2.45) is 23.7 Å². The summed E-state index contributed by atoms with van der Waals surface area (Å²) in [6.07, 6.45) is 16.1. The van der Waals surface area contributed by atoms with Gasteiger partial charge in [0.2, 0.25) is 5.91 Å². The predicted molar refractivity (Wildman–Crippen MR) is 122 cm³/mol. The Labute approximate surface area is 183 Å². The first-order valence-electron chi connectivity index (χ1n) is 12.2. The third-order valence-electron chi connectivity index (χ3n) is 7.93. The Morgan fingerprint density at radius 3 is 2.60 bits per heavy atom. The minimum Gasteiger partial charge on any atom is -0.392 e. The van der Waals surface area contributed by atoms with Crippen molar-refractivity contribution in [3.63, 3.8) is 0 Å². The summed E-state index contributed by atoms with van der Waals surface area (Å²) in [7, 11) is 1.89. The molecular formula is C26H43NO3. The number of rotatable bonds is 7. The first-order chi connectivity index (χ1) is 14.2. The van der Waals surface area contributed by atoms with Gasteiger partial charge in [0.25, 0.3) is 0 Å². The standard InChI is InChI=1S/C26H43NO3/c1-26(2,3)27(4)25(30)12-8-5-9-18-15-20-17-24(29)21(22(20)16-18)13-14-23(28)19-10-6-7-11-19/h9,13-14,19-24,28-29H,5-8,10-12,15-17H2,1-4H3/t20-,21+,22-,23+,24+/m0/s1. The van der Waals surface area contributed by atoms with Gasteiger partial charge >= 0.3 is 0 Å². The number of aliphatic hydroxyl groups excluding tert-OH is 2. The van der Waals surface area contributed by atoms with Crippen molar-refractivity contribution < 1.29 is 15.0 Å². The van der Waals surface area contributed by atoms with Crippen LogP contribution in [0.1, 0.15) is 85.0 Å². The van der Waals surface area contributed by atoms with Crippen LogP contribution in [0, 0.1) is 23.7 Å². The maximum Gasteiger partial charge on any atom is 0.222 e. The number of carbonyl (C=O) groups excluding carboxylic acids is 1. The molecule has 0 radical (unpaired) electrons. The molecule has 4 nitrogen and oxygen atoms in total. The molecule has 3 saturated carbocycles. The number of amides is 1. The largest absolute Gasteiger partial charge is 0.392 e. The second-order valence-electron chi connectivity index (χ2n) is 11.0. The van der Waals surface area contributed by atoms with Gasteiger partial charge in [0.1, 0.15) is 0 Å². The quantitative estimate of drug-likeness (QED) is 0.460.